The van der Waals surface area contributed by atoms with Crippen LogP contribution in [-0.2, 0) is 5.41 Å². The molecule has 100 valence electrons. The van der Waals surface area contributed by atoms with Crippen molar-refractivity contribution in [3.63, 3.8) is 0 Å². The molecular weight excluding hydrogens is 256 g/mol. The predicted molar refractivity (Wildman–Crippen MR) is 68.8 cm³/mol. The first-order valence-electron chi connectivity index (χ1n) is 5.90. The van der Waals surface area contributed by atoms with Crippen LogP contribution < -0.4 is 9.47 Å². The molecular formula is C13H17ClO4. The molecule has 1 aromatic rings. The predicted octanol–water partition coefficient (Wildman–Crippen LogP) is 2.48. The van der Waals surface area contributed by atoms with E-state index in [1.54, 1.807) is 6.07 Å². The fourth-order valence-electron chi connectivity index (χ4n) is 1.97. The SMILES string of the molecule is CC(C)(CO)c1c(O)c(Cl)cc2c1OCCCO2. The van der Waals surface area contributed by atoms with Gasteiger partial charge in [-0.25, -0.2) is 0 Å². The third-order valence-electron chi connectivity index (χ3n) is 3.04. The van der Waals surface area contributed by atoms with Gasteiger partial charge in [-0.2, -0.15) is 0 Å². The van der Waals surface area contributed by atoms with E-state index < -0.39 is 5.41 Å². The summed E-state index contributed by atoms with van der Waals surface area (Å²) in [5.74, 6) is 0.945. The fourth-order valence-corrected chi connectivity index (χ4v) is 2.17. The summed E-state index contributed by atoms with van der Waals surface area (Å²) < 4.78 is 11.2. The normalized spacial score (nSPS) is 15.3. The van der Waals surface area contributed by atoms with Crippen LogP contribution in [-0.4, -0.2) is 30.0 Å². The molecule has 0 fully saturated rings. The van der Waals surface area contributed by atoms with Crippen LogP contribution >= 0.6 is 11.6 Å². The molecule has 4 nitrogen and oxygen atoms in total. The molecule has 0 unspecified atom stereocenters. The Labute approximate surface area is 111 Å². The highest BCUT2D eigenvalue weighted by Gasteiger charge is 2.32. The Hall–Kier alpha value is -1.13. The molecule has 1 heterocycles. The molecule has 0 saturated carbocycles. The van der Waals surface area contributed by atoms with Crippen LogP contribution in [0.5, 0.6) is 17.2 Å². The van der Waals surface area contributed by atoms with Gasteiger partial charge in [0.25, 0.3) is 0 Å². The van der Waals surface area contributed by atoms with E-state index in [4.69, 9.17) is 21.1 Å². The van der Waals surface area contributed by atoms with E-state index in [1.807, 2.05) is 13.8 Å². The summed E-state index contributed by atoms with van der Waals surface area (Å²) in [4.78, 5) is 0. The zero-order chi connectivity index (χ0) is 13.3. The van der Waals surface area contributed by atoms with E-state index >= 15 is 0 Å². The zero-order valence-electron chi connectivity index (χ0n) is 10.5. The minimum absolute atomic E-state index is 0.0556. The molecule has 5 heteroatoms. The van der Waals surface area contributed by atoms with Gasteiger partial charge in [0.1, 0.15) is 5.75 Å². The summed E-state index contributed by atoms with van der Waals surface area (Å²) in [5, 5.41) is 19.8. The van der Waals surface area contributed by atoms with Crippen molar-refractivity contribution in [2.24, 2.45) is 0 Å². The molecule has 0 spiro atoms. The van der Waals surface area contributed by atoms with Crippen molar-refractivity contribution in [1.29, 1.82) is 0 Å². The molecule has 18 heavy (non-hydrogen) atoms. The van der Waals surface area contributed by atoms with Crippen LogP contribution in [0.1, 0.15) is 25.8 Å². The van der Waals surface area contributed by atoms with Crippen LogP contribution in [0, 0.1) is 0 Å². The molecule has 0 radical (unpaired) electrons. The molecule has 2 N–H and O–H groups in total. The van der Waals surface area contributed by atoms with Crippen LogP contribution in [0.2, 0.25) is 5.02 Å². The van der Waals surface area contributed by atoms with E-state index in [0.29, 0.717) is 30.3 Å². The summed E-state index contributed by atoms with van der Waals surface area (Å²) >= 11 is 6.00. The molecule has 0 amide bonds. The Kier molecular flexibility index (Phi) is 3.59. The van der Waals surface area contributed by atoms with Gasteiger partial charge in [0.05, 0.1) is 24.8 Å². The molecule has 0 saturated heterocycles. The van der Waals surface area contributed by atoms with Gasteiger partial charge in [-0.15, -0.1) is 0 Å². The number of hydrogen-bond donors (Lipinski definition) is 2. The number of rotatable bonds is 2. The minimum Gasteiger partial charge on any atom is -0.506 e. The third kappa shape index (κ3) is 2.22. The molecule has 1 aromatic carbocycles. The monoisotopic (exact) mass is 272 g/mol. The van der Waals surface area contributed by atoms with E-state index in [1.165, 1.54) is 0 Å². The Bertz CT molecular complexity index is 457. The molecule has 0 aromatic heterocycles. The summed E-state index contributed by atoms with van der Waals surface area (Å²) in [5.41, 5.74) is -0.165. The smallest absolute Gasteiger partial charge is 0.168 e. The summed E-state index contributed by atoms with van der Waals surface area (Å²) in [7, 11) is 0. The fraction of sp³-hybridized carbons (Fsp3) is 0.538. The van der Waals surface area contributed by atoms with Gasteiger partial charge in [-0.1, -0.05) is 25.4 Å². The van der Waals surface area contributed by atoms with Crippen molar-refractivity contribution in [1.82, 2.24) is 0 Å². The minimum atomic E-state index is -0.660. The number of phenols is 1. The second kappa shape index (κ2) is 4.86. The molecule has 0 atom stereocenters. The highest BCUT2D eigenvalue weighted by atomic mass is 35.5. The molecule has 1 aliphatic rings. The van der Waals surface area contributed by atoms with Crippen LogP contribution in [0.4, 0.5) is 0 Å². The van der Waals surface area contributed by atoms with E-state index in [0.717, 1.165) is 6.42 Å². The first kappa shape index (κ1) is 13.3. The molecule has 0 aliphatic carbocycles. The summed E-state index contributed by atoms with van der Waals surface area (Å²) in [6, 6.07) is 1.55. The number of fused-ring (bicyclic) bond motifs is 1. The summed E-state index contributed by atoms with van der Waals surface area (Å²) in [6.45, 7) is 4.56. The van der Waals surface area contributed by atoms with Crippen molar-refractivity contribution in [2.45, 2.75) is 25.7 Å². The van der Waals surface area contributed by atoms with Gasteiger partial charge < -0.3 is 19.7 Å². The first-order valence-corrected chi connectivity index (χ1v) is 6.27. The van der Waals surface area contributed by atoms with Gasteiger partial charge in [-0.3, -0.25) is 0 Å². The van der Waals surface area contributed by atoms with E-state index in [2.05, 4.69) is 0 Å². The number of benzene rings is 1. The number of aliphatic hydroxyl groups is 1. The second-order valence-electron chi connectivity index (χ2n) is 5.00. The lowest BCUT2D eigenvalue weighted by Gasteiger charge is -2.27. The third-order valence-corrected chi connectivity index (χ3v) is 3.32. The zero-order valence-corrected chi connectivity index (χ0v) is 11.3. The highest BCUT2D eigenvalue weighted by Crippen LogP contribution is 2.48. The van der Waals surface area contributed by atoms with E-state index in [9.17, 15) is 10.2 Å². The number of aliphatic hydroxyl groups excluding tert-OH is 1. The first-order chi connectivity index (χ1) is 8.47. The van der Waals surface area contributed by atoms with Gasteiger partial charge in [0.2, 0.25) is 0 Å². The van der Waals surface area contributed by atoms with Crippen LogP contribution in [0.25, 0.3) is 0 Å². The highest BCUT2D eigenvalue weighted by molar-refractivity contribution is 6.32. The topological polar surface area (TPSA) is 58.9 Å². The Morgan fingerprint density at radius 2 is 2.00 bits per heavy atom. The molecule has 1 aliphatic heterocycles. The molecule has 0 bridgehead atoms. The van der Waals surface area contributed by atoms with Gasteiger partial charge in [0, 0.05) is 23.5 Å². The van der Waals surface area contributed by atoms with Crippen molar-refractivity contribution in [2.75, 3.05) is 19.8 Å². The maximum Gasteiger partial charge on any atom is 0.168 e. The lowest BCUT2D eigenvalue weighted by molar-refractivity contribution is 0.208. The van der Waals surface area contributed by atoms with Crippen molar-refractivity contribution < 1.29 is 19.7 Å². The Morgan fingerprint density at radius 3 is 2.67 bits per heavy atom. The number of aromatic hydroxyl groups is 1. The number of ether oxygens (including phenoxy) is 2. The number of phenolic OH excluding ortho intramolecular Hbond substituents is 1. The van der Waals surface area contributed by atoms with Crippen LogP contribution in [0.15, 0.2) is 6.07 Å². The van der Waals surface area contributed by atoms with Crippen molar-refractivity contribution >= 4 is 11.6 Å². The largest absolute Gasteiger partial charge is 0.506 e. The molecule has 2 rings (SSSR count). The second-order valence-corrected chi connectivity index (χ2v) is 5.41. The van der Waals surface area contributed by atoms with Crippen molar-refractivity contribution in [3.8, 4) is 17.2 Å². The summed E-state index contributed by atoms with van der Waals surface area (Å²) in [6.07, 6.45) is 0.770. The number of halogens is 1. The average molecular weight is 273 g/mol. The van der Waals surface area contributed by atoms with Gasteiger partial charge in [0.15, 0.2) is 11.5 Å². The maximum atomic E-state index is 10.1. The van der Waals surface area contributed by atoms with E-state index in [-0.39, 0.29) is 17.4 Å². The lowest BCUT2D eigenvalue weighted by atomic mass is 9.84. The maximum absolute atomic E-state index is 10.1. The standard InChI is InChI=1S/C13H17ClO4/c1-13(2,7-15)10-11(16)8(14)6-9-12(10)18-5-3-4-17-9/h6,15-16H,3-5,7H2,1-2H3. The average Bonchev–Trinajstić information content (AvgIpc) is 2.55. The number of hydrogen-bond acceptors (Lipinski definition) is 4. The van der Waals surface area contributed by atoms with Gasteiger partial charge in [-0.05, 0) is 0 Å². The quantitative estimate of drug-likeness (QED) is 0.868. The van der Waals surface area contributed by atoms with Crippen LogP contribution in [0.3, 0.4) is 0 Å². The Morgan fingerprint density at radius 1 is 1.33 bits per heavy atom. The van der Waals surface area contributed by atoms with Gasteiger partial charge >= 0.3 is 0 Å². The Balaban J connectivity index is 2.65. The van der Waals surface area contributed by atoms with Crippen molar-refractivity contribution in [3.05, 3.63) is 16.7 Å². The lowest BCUT2D eigenvalue weighted by Crippen LogP contribution is -2.23.